The first kappa shape index (κ1) is 10.8. The zero-order chi connectivity index (χ0) is 11.8. The van der Waals surface area contributed by atoms with Crippen LogP contribution >= 0.6 is 22.6 Å². The van der Waals surface area contributed by atoms with Crippen molar-refractivity contribution in [2.45, 2.75) is 6.92 Å². The van der Waals surface area contributed by atoms with Gasteiger partial charge in [-0.25, -0.2) is 0 Å². The molecule has 1 aromatic heterocycles. The van der Waals surface area contributed by atoms with Gasteiger partial charge in [0.1, 0.15) is 0 Å². The molecule has 2 aromatic carbocycles. The number of aryl methyl sites for hydroxylation is 1. The van der Waals surface area contributed by atoms with E-state index in [1.165, 1.54) is 31.3 Å². The molecule has 84 valence electrons. The van der Waals surface area contributed by atoms with E-state index in [0.29, 0.717) is 0 Å². The normalized spacial score (nSPS) is 10.9. The number of nitrogens with one attached hydrogen (secondary N) is 1. The number of fused-ring (bicyclic) bond motifs is 1. The second-order valence-corrected chi connectivity index (χ2v) is 5.42. The molecular formula is C15H12IN. The average Bonchev–Trinajstić information content (AvgIpc) is 2.72. The molecule has 0 fully saturated rings. The molecule has 0 amide bonds. The van der Waals surface area contributed by atoms with Crippen LogP contribution in [0.15, 0.2) is 48.5 Å². The first-order valence-electron chi connectivity index (χ1n) is 5.58. The molecule has 0 bridgehead atoms. The highest BCUT2D eigenvalue weighted by molar-refractivity contribution is 14.1. The summed E-state index contributed by atoms with van der Waals surface area (Å²) in [4.78, 5) is 3.48. The van der Waals surface area contributed by atoms with Crippen LogP contribution in [-0.2, 0) is 0 Å². The lowest BCUT2D eigenvalue weighted by atomic mass is 10.1. The van der Waals surface area contributed by atoms with E-state index in [1.54, 1.807) is 0 Å². The summed E-state index contributed by atoms with van der Waals surface area (Å²) in [6, 6.07) is 17.1. The van der Waals surface area contributed by atoms with Gasteiger partial charge in [-0.15, -0.1) is 0 Å². The maximum absolute atomic E-state index is 3.48. The van der Waals surface area contributed by atoms with E-state index in [9.17, 15) is 0 Å². The Morgan fingerprint density at radius 1 is 1.00 bits per heavy atom. The molecule has 0 unspecified atom stereocenters. The fourth-order valence-electron chi connectivity index (χ4n) is 2.08. The van der Waals surface area contributed by atoms with Crippen molar-refractivity contribution in [2.75, 3.05) is 0 Å². The Morgan fingerprint density at radius 3 is 2.65 bits per heavy atom. The Balaban J connectivity index is 2.22. The predicted molar refractivity (Wildman–Crippen MR) is 81.2 cm³/mol. The van der Waals surface area contributed by atoms with Gasteiger partial charge in [0.15, 0.2) is 0 Å². The molecule has 1 nitrogen and oxygen atoms in total. The lowest BCUT2D eigenvalue weighted by molar-refractivity contribution is 1.43. The van der Waals surface area contributed by atoms with Crippen LogP contribution in [0.4, 0.5) is 0 Å². The van der Waals surface area contributed by atoms with Gasteiger partial charge >= 0.3 is 0 Å². The number of halogens is 1. The summed E-state index contributed by atoms with van der Waals surface area (Å²) >= 11 is 2.38. The van der Waals surface area contributed by atoms with Gasteiger partial charge in [-0.3, -0.25) is 0 Å². The molecule has 17 heavy (non-hydrogen) atoms. The zero-order valence-electron chi connectivity index (χ0n) is 9.50. The average molecular weight is 333 g/mol. The molecule has 0 saturated carbocycles. The van der Waals surface area contributed by atoms with Gasteiger partial charge in [-0.1, -0.05) is 29.8 Å². The lowest BCUT2D eigenvalue weighted by Gasteiger charge is -2.00. The Hall–Kier alpha value is -1.29. The minimum Gasteiger partial charge on any atom is -0.354 e. The van der Waals surface area contributed by atoms with E-state index in [0.717, 1.165) is 0 Å². The molecule has 3 aromatic rings. The minimum absolute atomic E-state index is 1.19. The van der Waals surface area contributed by atoms with Crippen molar-refractivity contribution < 1.29 is 0 Å². The van der Waals surface area contributed by atoms with Crippen LogP contribution in [0.5, 0.6) is 0 Å². The number of rotatable bonds is 1. The maximum Gasteiger partial charge on any atom is 0.0475 e. The van der Waals surface area contributed by atoms with Crippen molar-refractivity contribution >= 4 is 33.5 Å². The van der Waals surface area contributed by atoms with E-state index in [2.05, 4.69) is 83.0 Å². The third-order valence-electron chi connectivity index (χ3n) is 2.94. The molecule has 3 rings (SSSR count). The topological polar surface area (TPSA) is 15.8 Å². The Bertz CT molecular complexity index is 682. The van der Waals surface area contributed by atoms with Crippen LogP contribution in [0.1, 0.15) is 5.56 Å². The maximum atomic E-state index is 3.48. The third-order valence-corrected chi connectivity index (χ3v) is 3.88. The summed E-state index contributed by atoms with van der Waals surface area (Å²) in [7, 11) is 0. The smallest absolute Gasteiger partial charge is 0.0475 e. The largest absolute Gasteiger partial charge is 0.354 e. The van der Waals surface area contributed by atoms with E-state index in [4.69, 9.17) is 0 Å². The van der Waals surface area contributed by atoms with Crippen molar-refractivity contribution in [3.8, 4) is 11.3 Å². The summed E-state index contributed by atoms with van der Waals surface area (Å²) in [5.74, 6) is 0. The first-order valence-corrected chi connectivity index (χ1v) is 6.66. The quantitative estimate of drug-likeness (QED) is 0.619. The standard InChI is InChI=1S/C15H12IN/c1-10-6-7-14-11(8-10)9-15(17-14)12-4-2-3-5-13(12)16/h2-9,17H,1H3. The van der Waals surface area contributed by atoms with Crippen LogP contribution in [0.2, 0.25) is 0 Å². The Kier molecular flexibility index (Phi) is 2.67. The molecule has 0 aliphatic heterocycles. The summed E-state index contributed by atoms with van der Waals surface area (Å²) in [5, 5.41) is 1.28. The van der Waals surface area contributed by atoms with Crippen molar-refractivity contribution in [3.05, 3.63) is 57.7 Å². The van der Waals surface area contributed by atoms with Gasteiger partial charge in [0.2, 0.25) is 0 Å². The van der Waals surface area contributed by atoms with Crippen molar-refractivity contribution in [1.29, 1.82) is 0 Å². The van der Waals surface area contributed by atoms with Gasteiger partial charge < -0.3 is 4.98 Å². The van der Waals surface area contributed by atoms with Crippen LogP contribution in [0.25, 0.3) is 22.2 Å². The third kappa shape index (κ3) is 1.97. The molecule has 0 atom stereocenters. The van der Waals surface area contributed by atoms with Gasteiger partial charge in [0.25, 0.3) is 0 Å². The number of aromatic amines is 1. The second-order valence-electron chi connectivity index (χ2n) is 4.25. The molecule has 0 aliphatic carbocycles. The number of aromatic nitrogens is 1. The summed E-state index contributed by atoms with van der Waals surface area (Å²) in [6.07, 6.45) is 0. The van der Waals surface area contributed by atoms with Gasteiger partial charge in [-0.05, 0) is 53.8 Å². The Morgan fingerprint density at radius 2 is 1.82 bits per heavy atom. The molecule has 1 heterocycles. The van der Waals surface area contributed by atoms with E-state index in [1.807, 2.05) is 0 Å². The summed E-state index contributed by atoms with van der Waals surface area (Å²) in [6.45, 7) is 2.12. The number of hydrogen-bond acceptors (Lipinski definition) is 0. The highest BCUT2D eigenvalue weighted by Gasteiger charge is 2.05. The molecule has 0 aliphatic rings. The fraction of sp³-hybridized carbons (Fsp3) is 0.0667. The van der Waals surface area contributed by atoms with E-state index >= 15 is 0 Å². The number of hydrogen-bond donors (Lipinski definition) is 1. The van der Waals surface area contributed by atoms with Crippen LogP contribution < -0.4 is 0 Å². The highest BCUT2D eigenvalue weighted by Crippen LogP contribution is 2.28. The predicted octanol–water partition coefficient (Wildman–Crippen LogP) is 4.75. The SMILES string of the molecule is Cc1ccc2[nH]c(-c3ccccc3I)cc2c1. The molecule has 0 saturated heterocycles. The van der Waals surface area contributed by atoms with Crippen LogP contribution in [0.3, 0.4) is 0 Å². The van der Waals surface area contributed by atoms with E-state index in [-0.39, 0.29) is 0 Å². The molecular weight excluding hydrogens is 321 g/mol. The second kappa shape index (κ2) is 4.18. The van der Waals surface area contributed by atoms with Crippen molar-refractivity contribution in [3.63, 3.8) is 0 Å². The lowest BCUT2D eigenvalue weighted by Crippen LogP contribution is -1.80. The minimum atomic E-state index is 1.19. The number of H-pyrrole nitrogens is 1. The Labute approximate surface area is 114 Å². The fourth-order valence-corrected chi connectivity index (χ4v) is 2.75. The first-order chi connectivity index (χ1) is 8.24. The van der Waals surface area contributed by atoms with Crippen LogP contribution in [0, 0.1) is 10.5 Å². The monoisotopic (exact) mass is 333 g/mol. The van der Waals surface area contributed by atoms with Crippen molar-refractivity contribution in [1.82, 2.24) is 4.98 Å². The van der Waals surface area contributed by atoms with Gasteiger partial charge in [0.05, 0.1) is 0 Å². The molecule has 2 heteroatoms. The zero-order valence-corrected chi connectivity index (χ0v) is 11.7. The molecule has 1 N–H and O–H groups in total. The van der Waals surface area contributed by atoms with Gasteiger partial charge in [0, 0.05) is 25.7 Å². The highest BCUT2D eigenvalue weighted by atomic mass is 127. The summed E-state index contributed by atoms with van der Waals surface area (Å²) < 4.78 is 1.27. The number of benzene rings is 2. The van der Waals surface area contributed by atoms with Crippen molar-refractivity contribution in [2.24, 2.45) is 0 Å². The van der Waals surface area contributed by atoms with Crippen LogP contribution in [-0.4, -0.2) is 4.98 Å². The molecule has 0 spiro atoms. The van der Waals surface area contributed by atoms with E-state index < -0.39 is 0 Å². The summed E-state index contributed by atoms with van der Waals surface area (Å²) in [5.41, 5.74) is 4.95. The molecule has 0 radical (unpaired) electrons. The van der Waals surface area contributed by atoms with Gasteiger partial charge in [-0.2, -0.15) is 0 Å².